The molecule has 1 atom stereocenters. The molecule has 2 aromatic carbocycles. The van der Waals surface area contributed by atoms with Crippen LogP contribution in [0.25, 0.3) is 0 Å². The van der Waals surface area contributed by atoms with Gasteiger partial charge in [-0.3, -0.25) is 0 Å². The van der Waals surface area contributed by atoms with E-state index in [1.807, 2.05) is 6.07 Å². The fraction of sp³-hybridized carbons (Fsp3) is 0.217. The van der Waals surface area contributed by atoms with Crippen molar-refractivity contribution in [3.05, 3.63) is 88.0 Å². The van der Waals surface area contributed by atoms with Gasteiger partial charge in [0.1, 0.15) is 29.8 Å². The molecular formula is C23H20F2N2O4. The second kappa shape index (κ2) is 9.30. The van der Waals surface area contributed by atoms with E-state index < -0.39 is 23.5 Å². The summed E-state index contributed by atoms with van der Waals surface area (Å²) < 4.78 is 44.4. The number of ether oxygens (including phenoxy) is 3. The summed E-state index contributed by atoms with van der Waals surface area (Å²) in [5.74, 6) is -2.96. The van der Waals surface area contributed by atoms with E-state index >= 15 is 0 Å². The maximum absolute atomic E-state index is 14.8. The Morgan fingerprint density at radius 2 is 1.97 bits per heavy atom. The van der Waals surface area contributed by atoms with E-state index in [4.69, 9.17) is 19.9 Å². The van der Waals surface area contributed by atoms with Gasteiger partial charge in [-0.2, -0.15) is 5.26 Å². The van der Waals surface area contributed by atoms with E-state index in [0.717, 1.165) is 6.07 Å². The molecule has 1 aliphatic heterocycles. The highest BCUT2D eigenvalue weighted by Crippen LogP contribution is 2.40. The SMILES string of the molecule is CCOC(=O)C1=C(C)OC(N)=C(C#N)C1c1ccc(OCc2ccccc2F)c(F)c1. The lowest BCUT2D eigenvalue weighted by atomic mass is 9.83. The Hall–Kier alpha value is -3.86. The molecule has 8 heteroatoms. The van der Waals surface area contributed by atoms with E-state index in [9.17, 15) is 18.8 Å². The number of hydrogen-bond acceptors (Lipinski definition) is 6. The van der Waals surface area contributed by atoms with Crippen LogP contribution in [0.15, 0.2) is 65.3 Å². The van der Waals surface area contributed by atoms with Gasteiger partial charge in [0.2, 0.25) is 5.88 Å². The Kier molecular flexibility index (Phi) is 6.55. The van der Waals surface area contributed by atoms with Crippen molar-refractivity contribution < 1.29 is 27.8 Å². The number of rotatable bonds is 6. The molecule has 1 unspecified atom stereocenters. The van der Waals surface area contributed by atoms with Crippen LogP contribution in [0.5, 0.6) is 5.75 Å². The normalized spacial score (nSPS) is 15.9. The van der Waals surface area contributed by atoms with Crippen LogP contribution in [0.3, 0.4) is 0 Å². The van der Waals surface area contributed by atoms with Crippen molar-refractivity contribution >= 4 is 5.97 Å². The van der Waals surface area contributed by atoms with Crippen LogP contribution >= 0.6 is 0 Å². The molecule has 1 aliphatic rings. The van der Waals surface area contributed by atoms with Gasteiger partial charge >= 0.3 is 5.97 Å². The Bertz CT molecular complexity index is 1120. The lowest BCUT2D eigenvalue weighted by molar-refractivity contribution is -0.139. The summed E-state index contributed by atoms with van der Waals surface area (Å²) in [6, 6.07) is 12.0. The Morgan fingerprint density at radius 3 is 2.61 bits per heavy atom. The summed E-state index contributed by atoms with van der Waals surface area (Å²) in [5.41, 5.74) is 6.43. The molecule has 0 fully saturated rings. The molecule has 0 amide bonds. The van der Waals surface area contributed by atoms with Crippen molar-refractivity contribution in [1.82, 2.24) is 0 Å². The predicted molar refractivity (Wildman–Crippen MR) is 107 cm³/mol. The largest absolute Gasteiger partial charge is 0.486 e. The van der Waals surface area contributed by atoms with Gasteiger partial charge < -0.3 is 19.9 Å². The van der Waals surface area contributed by atoms with Crippen LogP contribution in [0.4, 0.5) is 8.78 Å². The summed E-state index contributed by atoms with van der Waals surface area (Å²) in [6.07, 6.45) is 0. The third kappa shape index (κ3) is 4.51. The molecule has 0 saturated heterocycles. The fourth-order valence-electron chi connectivity index (χ4n) is 3.27. The molecule has 3 rings (SSSR count). The van der Waals surface area contributed by atoms with E-state index in [-0.39, 0.29) is 47.3 Å². The first-order valence-electron chi connectivity index (χ1n) is 9.48. The van der Waals surface area contributed by atoms with E-state index in [1.54, 1.807) is 19.1 Å². The zero-order valence-corrected chi connectivity index (χ0v) is 16.9. The number of nitrogens with two attached hydrogens (primary N) is 1. The molecule has 1 heterocycles. The van der Waals surface area contributed by atoms with Crippen LogP contribution in [0.2, 0.25) is 0 Å². The average Bonchev–Trinajstić information content (AvgIpc) is 2.73. The number of carbonyl (C=O) groups excluding carboxylic acids is 1. The standard InChI is InChI=1S/C23H20F2N2O4/c1-3-29-23(28)20-13(2)31-22(27)16(11-26)21(20)14-8-9-19(18(25)10-14)30-12-15-6-4-5-7-17(15)24/h4-10,21H,3,12,27H2,1-2H3. The maximum Gasteiger partial charge on any atom is 0.338 e. The van der Waals surface area contributed by atoms with Gasteiger partial charge in [0.25, 0.3) is 0 Å². The maximum atomic E-state index is 14.8. The molecule has 0 spiro atoms. The first-order chi connectivity index (χ1) is 14.9. The van der Waals surface area contributed by atoms with Gasteiger partial charge in [0.15, 0.2) is 11.6 Å². The topological polar surface area (TPSA) is 94.6 Å². The molecule has 0 bridgehead atoms. The Balaban J connectivity index is 1.94. The predicted octanol–water partition coefficient (Wildman–Crippen LogP) is 4.19. The zero-order valence-electron chi connectivity index (χ0n) is 16.9. The number of halogens is 2. The number of allylic oxidation sites excluding steroid dienone is 2. The van der Waals surface area contributed by atoms with E-state index in [1.165, 1.54) is 31.2 Å². The van der Waals surface area contributed by atoms with Crippen LogP contribution in [0.1, 0.15) is 30.9 Å². The smallest absolute Gasteiger partial charge is 0.338 e. The third-order valence-corrected chi connectivity index (χ3v) is 4.73. The van der Waals surface area contributed by atoms with Crippen LogP contribution in [0, 0.1) is 23.0 Å². The average molecular weight is 426 g/mol. The molecule has 6 nitrogen and oxygen atoms in total. The lowest BCUT2D eigenvalue weighted by Crippen LogP contribution is -2.25. The van der Waals surface area contributed by atoms with Gasteiger partial charge in [0, 0.05) is 5.56 Å². The van der Waals surface area contributed by atoms with Crippen LogP contribution in [-0.4, -0.2) is 12.6 Å². The minimum Gasteiger partial charge on any atom is -0.486 e. The molecule has 2 N–H and O–H groups in total. The molecule has 160 valence electrons. The number of nitrogens with zero attached hydrogens (tertiary/aromatic N) is 1. The molecular weight excluding hydrogens is 406 g/mol. The number of benzene rings is 2. The molecule has 31 heavy (non-hydrogen) atoms. The van der Waals surface area contributed by atoms with Gasteiger partial charge in [-0.25, -0.2) is 13.6 Å². The number of esters is 1. The van der Waals surface area contributed by atoms with Crippen molar-refractivity contribution in [3.8, 4) is 11.8 Å². The first kappa shape index (κ1) is 21.8. The van der Waals surface area contributed by atoms with E-state index in [0.29, 0.717) is 5.56 Å². The lowest BCUT2D eigenvalue weighted by Gasteiger charge is -2.27. The second-order valence-electron chi connectivity index (χ2n) is 6.69. The summed E-state index contributed by atoms with van der Waals surface area (Å²) in [7, 11) is 0. The quantitative estimate of drug-likeness (QED) is 0.696. The van der Waals surface area contributed by atoms with Gasteiger partial charge in [-0.15, -0.1) is 0 Å². The first-order valence-corrected chi connectivity index (χ1v) is 9.48. The van der Waals surface area contributed by atoms with Crippen molar-refractivity contribution in [2.75, 3.05) is 6.61 Å². The Morgan fingerprint density at radius 1 is 1.23 bits per heavy atom. The van der Waals surface area contributed by atoms with Gasteiger partial charge in [-0.1, -0.05) is 24.3 Å². The van der Waals surface area contributed by atoms with Crippen molar-refractivity contribution in [2.45, 2.75) is 26.4 Å². The highest BCUT2D eigenvalue weighted by atomic mass is 19.1. The number of hydrogen-bond donors (Lipinski definition) is 1. The number of nitriles is 1. The van der Waals surface area contributed by atoms with Crippen LogP contribution < -0.4 is 10.5 Å². The fourth-order valence-corrected chi connectivity index (χ4v) is 3.27. The van der Waals surface area contributed by atoms with Crippen molar-refractivity contribution in [3.63, 3.8) is 0 Å². The summed E-state index contributed by atoms with van der Waals surface area (Å²) in [5, 5.41) is 9.57. The minimum atomic E-state index is -0.965. The van der Waals surface area contributed by atoms with E-state index in [2.05, 4.69) is 0 Å². The zero-order chi connectivity index (χ0) is 22.5. The second-order valence-corrected chi connectivity index (χ2v) is 6.69. The molecule has 2 aromatic rings. The third-order valence-electron chi connectivity index (χ3n) is 4.73. The highest BCUT2D eigenvalue weighted by Gasteiger charge is 2.36. The molecule has 0 radical (unpaired) electrons. The molecule has 0 aliphatic carbocycles. The monoisotopic (exact) mass is 426 g/mol. The minimum absolute atomic E-state index is 0.0342. The Labute approximate surface area is 178 Å². The van der Waals surface area contributed by atoms with Crippen molar-refractivity contribution in [2.24, 2.45) is 5.73 Å². The summed E-state index contributed by atoms with van der Waals surface area (Å²) >= 11 is 0. The highest BCUT2D eigenvalue weighted by molar-refractivity contribution is 5.92. The van der Waals surface area contributed by atoms with Crippen molar-refractivity contribution in [1.29, 1.82) is 5.26 Å². The molecule has 0 aromatic heterocycles. The number of carbonyl (C=O) groups is 1. The summed E-state index contributed by atoms with van der Waals surface area (Å²) in [6.45, 7) is 3.11. The molecule has 0 saturated carbocycles. The van der Waals surface area contributed by atoms with Gasteiger partial charge in [-0.05, 0) is 37.6 Å². The summed E-state index contributed by atoms with van der Waals surface area (Å²) in [4.78, 5) is 12.5. The van der Waals surface area contributed by atoms with Gasteiger partial charge in [0.05, 0.1) is 18.1 Å². The van der Waals surface area contributed by atoms with Crippen LogP contribution in [-0.2, 0) is 20.9 Å².